The van der Waals surface area contributed by atoms with Crippen LogP contribution in [-0.4, -0.2) is 20.2 Å². The van der Waals surface area contributed by atoms with E-state index in [1.807, 2.05) is 18.2 Å². The fourth-order valence-corrected chi connectivity index (χ4v) is 3.57. The van der Waals surface area contributed by atoms with Gasteiger partial charge in [0.05, 0.1) is 20.1 Å². The Morgan fingerprint density at radius 1 is 1.27 bits per heavy atom. The fourth-order valence-electron chi connectivity index (χ4n) is 3.57. The third kappa shape index (κ3) is 3.95. The largest absolute Gasteiger partial charge is 0.493 e. The lowest BCUT2D eigenvalue weighted by Gasteiger charge is -2.21. The van der Waals surface area contributed by atoms with Crippen molar-refractivity contribution in [2.75, 3.05) is 14.2 Å². The maximum absolute atomic E-state index is 12.9. The van der Waals surface area contributed by atoms with Crippen molar-refractivity contribution < 1.29 is 19.0 Å². The summed E-state index contributed by atoms with van der Waals surface area (Å²) in [5.74, 6) is 1.13. The third-order valence-electron chi connectivity index (χ3n) is 5.10. The molecule has 0 radical (unpaired) electrons. The van der Waals surface area contributed by atoms with Gasteiger partial charge in [-0.15, -0.1) is 6.58 Å². The quantitative estimate of drug-likeness (QED) is 0.479. The molecular formula is C22H30O4. The lowest BCUT2D eigenvalue weighted by Crippen LogP contribution is -2.16. The van der Waals surface area contributed by atoms with Crippen LogP contribution in [0.3, 0.4) is 0 Å². The molecule has 1 aliphatic rings. The van der Waals surface area contributed by atoms with Gasteiger partial charge in [0.1, 0.15) is 6.10 Å². The number of carbonyl (C=O) groups is 1. The summed E-state index contributed by atoms with van der Waals surface area (Å²) in [5.41, 5.74) is 1.93. The molecule has 142 valence electrons. The number of hydrogen-bond acceptors (Lipinski definition) is 4. The van der Waals surface area contributed by atoms with Gasteiger partial charge in [-0.05, 0) is 31.2 Å². The number of benzene rings is 1. The van der Waals surface area contributed by atoms with Gasteiger partial charge in [0.25, 0.3) is 0 Å². The van der Waals surface area contributed by atoms with Gasteiger partial charge >= 0.3 is 5.97 Å². The number of methoxy groups -OCH3 is 2. The summed E-state index contributed by atoms with van der Waals surface area (Å²) in [6.07, 6.45) is 3.98. The molecule has 0 heterocycles. The van der Waals surface area contributed by atoms with E-state index in [1.54, 1.807) is 20.3 Å². The fraction of sp³-hybridized carbons (Fsp3) is 0.500. The Hall–Kier alpha value is -2.23. The van der Waals surface area contributed by atoms with Crippen LogP contribution in [0.15, 0.2) is 42.5 Å². The molecule has 1 saturated carbocycles. The zero-order valence-electron chi connectivity index (χ0n) is 16.7. The molecule has 0 bridgehead atoms. The van der Waals surface area contributed by atoms with Crippen LogP contribution in [0, 0.1) is 17.3 Å². The molecule has 4 nitrogen and oxygen atoms in total. The minimum Gasteiger partial charge on any atom is -0.493 e. The molecule has 0 saturated heterocycles. The minimum absolute atomic E-state index is 0.0778. The number of esters is 1. The van der Waals surface area contributed by atoms with Crippen LogP contribution in [0.25, 0.3) is 0 Å². The van der Waals surface area contributed by atoms with Crippen molar-refractivity contribution in [1.82, 2.24) is 0 Å². The van der Waals surface area contributed by atoms with E-state index in [9.17, 15) is 4.79 Å². The molecule has 0 aliphatic heterocycles. The molecule has 0 aromatic heterocycles. The predicted molar refractivity (Wildman–Crippen MR) is 103 cm³/mol. The second-order valence-electron chi connectivity index (χ2n) is 7.60. The predicted octanol–water partition coefficient (Wildman–Crippen LogP) is 5.10. The first-order chi connectivity index (χ1) is 12.3. The summed E-state index contributed by atoms with van der Waals surface area (Å²) >= 11 is 0. The first-order valence-corrected chi connectivity index (χ1v) is 8.95. The van der Waals surface area contributed by atoms with Crippen LogP contribution in [0.2, 0.25) is 0 Å². The average Bonchev–Trinajstić information content (AvgIpc) is 3.12. The Kier molecular flexibility index (Phi) is 6.17. The molecule has 3 unspecified atom stereocenters. The van der Waals surface area contributed by atoms with E-state index in [-0.39, 0.29) is 23.2 Å². The van der Waals surface area contributed by atoms with E-state index in [0.29, 0.717) is 17.9 Å². The molecule has 3 atom stereocenters. The van der Waals surface area contributed by atoms with E-state index in [4.69, 9.17) is 14.2 Å². The summed E-state index contributed by atoms with van der Waals surface area (Å²) in [4.78, 5) is 12.9. The highest BCUT2D eigenvalue weighted by atomic mass is 16.5. The van der Waals surface area contributed by atoms with Crippen molar-refractivity contribution in [2.24, 2.45) is 17.3 Å². The van der Waals surface area contributed by atoms with Crippen molar-refractivity contribution in [3.63, 3.8) is 0 Å². The van der Waals surface area contributed by atoms with Crippen molar-refractivity contribution in [3.8, 4) is 11.5 Å². The Bertz CT molecular complexity index is 698. The number of carbonyl (C=O) groups excluding carboxylic acids is 1. The SMILES string of the molecule is C=CCC(OC(=O)C1C(C=C(C)C)C1(C)C)c1cccc(OC)c1OC. The lowest BCUT2D eigenvalue weighted by molar-refractivity contribution is -0.152. The van der Waals surface area contributed by atoms with E-state index >= 15 is 0 Å². The molecule has 0 spiro atoms. The van der Waals surface area contributed by atoms with Gasteiger partial charge in [0, 0.05) is 12.0 Å². The Morgan fingerprint density at radius 2 is 1.96 bits per heavy atom. The third-order valence-corrected chi connectivity index (χ3v) is 5.10. The van der Waals surface area contributed by atoms with Crippen LogP contribution in [-0.2, 0) is 9.53 Å². The molecule has 1 aromatic carbocycles. The molecule has 1 aromatic rings. The summed E-state index contributed by atoms with van der Waals surface area (Å²) < 4.78 is 16.8. The normalized spacial score (nSPS) is 21.3. The molecule has 0 N–H and O–H groups in total. The summed E-state index contributed by atoms with van der Waals surface area (Å²) in [6, 6.07) is 5.59. The maximum atomic E-state index is 12.9. The number of ether oxygens (including phenoxy) is 3. The van der Waals surface area contributed by atoms with Gasteiger partial charge in [-0.3, -0.25) is 4.79 Å². The number of allylic oxidation sites excluding steroid dienone is 2. The smallest absolute Gasteiger partial charge is 0.310 e. The number of para-hydroxylation sites is 1. The Labute approximate surface area is 156 Å². The Balaban J connectivity index is 2.26. The van der Waals surface area contributed by atoms with Crippen molar-refractivity contribution in [1.29, 1.82) is 0 Å². The summed E-state index contributed by atoms with van der Waals surface area (Å²) in [5, 5.41) is 0. The van der Waals surface area contributed by atoms with Crippen LogP contribution in [0.1, 0.15) is 45.8 Å². The van der Waals surface area contributed by atoms with Gasteiger partial charge in [0.2, 0.25) is 0 Å². The molecule has 4 heteroatoms. The van der Waals surface area contributed by atoms with Gasteiger partial charge in [0.15, 0.2) is 11.5 Å². The minimum atomic E-state index is -0.450. The monoisotopic (exact) mass is 358 g/mol. The topological polar surface area (TPSA) is 44.8 Å². The van der Waals surface area contributed by atoms with Crippen LogP contribution in [0.5, 0.6) is 11.5 Å². The second kappa shape index (κ2) is 7.98. The first-order valence-electron chi connectivity index (χ1n) is 8.95. The standard InChI is InChI=1S/C22H30O4/c1-8-10-17(15-11-9-12-18(24-6)20(15)25-7)26-21(23)19-16(13-14(2)3)22(19,4)5/h8-9,11-13,16-17,19H,1,10H2,2-7H3. The molecule has 2 rings (SSSR count). The van der Waals surface area contributed by atoms with Gasteiger partial charge in [-0.25, -0.2) is 0 Å². The number of rotatable bonds is 8. The van der Waals surface area contributed by atoms with Gasteiger partial charge in [-0.2, -0.15) is 0 Å². The summed E-state index contributed by atoms with van der Waals surface area (Å²) in [6.45, 7) is 12.1. The molecule has 26 heavy (non-hydrogen) atoms. The average molecular weight is 358 g/mol. The van der Waals surface area contributed by atoms with Crippen LogP contribution < -0.4 is 9.47 Å². The highest BCUT2D eigenvalue weighted by Gasteiger charge is 2.61. The maximum Gasteiger partial charge on any atom is 0.310 e. The van der Waals surface area contributed by atoms with E-state index in [1.165, 1.54) is 5.57 Å². The molecule has 1 aliphatic carbocycles. The second-order valence-corrected chi connectivity index (χ2v) is 7.60. The zero-order valence-corrected chi connectivity index (χ0v) is 16.7. The van der Waals surface area contributed by atoms with Gasteiger partial charge < -0.3 is 14.2 Å². The van der Waals surface area contributed by atoms with E-state index < -0.39 is 6.10 Å². The highest BCUT2D eigenvalue weighted by molar-refractivity contribution is 5.78. The van der Waals surface area contributed by atoms with Crippen molar-refractivity contribution in [3.05, 3.63) is 48.1 Å². The lowest BCUT2D eigenvalue weighted by atomic mass is 10.0. The van der Waals surface area contributed by atoms with Crippen LogP contribution in [0.4, 0.5) is 0 Å². The Morgan fingerprint density at radius 3 is 2.50 bits per heavy atom. The van der Waals surface area contributed by atoms with Crippen molar-refractivity contribution >= 4 is 5.97 Å². The van der Waals surface area contributed by atoms with Gasteiger partial charge in [-0.1, -0.05) is 43.7 Å². The summed E-state index contributed by atoms with van der Waals surface area (Å²) in [7, 11) is 3.18. The van der Waals surface area contributed by atoms with E-state index in [0.717, 1.165) is 5.56 Å². The molecule has 1 fully saturated rings. The first kappa shape index (κ1) is 20.1. The highest BCUT2D eigenvalue weighted by Crippen LogP contribution is 2.60. The number of hydrogen-bond donors (Lipinski definition) is 0. The van der Waals surface area contributed by atoms with Crippen LogP contribution >= 0.6 is 0 Å². The van der Waals surface area contributed by atoms with Crippen molar-refractivity contribution in [2.45, 2.75) is 40.2 Å². The molecule has 0 amide bonds. The molecular weight excluding hydrogens is 328 g/mol. The zero-order chi connectivity index (χ0) is 19.5. The van der Waals surface area contributed by atoms with E-state index in [2.05, 4.69) is 40.3 Å².